The van der Waals surface area contributed by atoms with Gasteiger partial charge in [0, 0.05) is 10.8 Å². The van der Waals surface area contributed by atoms with Gasteiger partial charge in [0.2, 0.25) is 0 Å². The van der Waals surface area contributed by atoms with Gasteiger partial charge in [0.15, 0.2) is 5.78 Å². The first-order chi connectivity index (χ1) is 8.92. The second-order valence-corrected chi connectivity index (χ2v) is 10.4. The van der Waals surface area contributed by atoms with Gasteiger partial charge in [-0.1, -0.05) is 23.6 Å². The Morgan fingerprint density at radius 3 is 2.11 bits per heavy atom. The van der Waals surface area contributed by atoms with E-state index >= 15 is 0 Å². The minimum atomic E-state index is -0.742. The van der Waals surface area contributed by atoms with Crippen molar-refractivity contribution in [1.29, 1.82) is 0 Å². The van der Waals surface area contributed by atoms with Crippen LogP contribution in [0.1, 0.15) is 47.7 Å². The van der Waals surface area contributed by atoms with Crippen LogP contribution in [0.3, 0.4) is 0 Å². The number of hydrogen-bond acceptors (Lipinski definition) is 1. The third-order valence-corrected chi connectivity index (χ3v) is 8.81. The average Bonchev–Trinajstić information content (AvgIpc) is 2.36. The molecule has 0 radical (unpaired) electrons. The van der Waals surface area contributed by atoms with E-state index in [9.17, 15) is 4.79 Å². The highest BCUT2D eigenvalue weighted by Gasteiger charge is 2.32. The Labute approximate surface area is 119 Å². The van der Waals surface area contributed by atoms with Crippen molar-refractivity contribution in [3.8, 4) is 0 Å². The number of carbonyl (C=O) groups excluding carboxylic acids is 1. The molecule has 1 aromatic carbocycles. The summed E-state index contributed by atoms with van der Waals surface area (Å²) in [6.07, 6.45) is 6.37. The monoisotopic (exact) mass is 278 g/mol. The van der Waals surface area contributed by atoms with E-state index in [-0.39, 0.29) is 5.25 Å². The maximum atomic E-state index is 12.8. The van der Waals surface area contributed by atoms with Crippen molar-refractivity contribution >= 4 is 15.8 Å². The first kappa shape index (κ1) is 14.6. The number of carbonyl (C=O) groups is 1. The van der Waals surface area contributed by atoms with Gasteiger partial charge in [-0.15, -0.1) is 0 Å². The molecule has 1 nitrogen and oxygen atoms in total. The molecule has 1 saturated heterocycles. The van der Waals surface area contributed by atoms with Gasteiger partial charge in [-0.05, 0) is 63.5 Å². The number of benzene rings is 1. The minimum absolute atomic E-state index is 0.217. The zero-order chi connectivity index (χ0) is 14.0. The van der Waals surface area contributed by atoms with Crippen LogP contribution >= 0.6 is 10.0 Å². The SMILES string of the molecule is Cc1cc(C)cc(C(=O)C(C)S2(C)CCCCC2)c1. The van der Waals surface area contributed by atoms with Crippen LogP contribution in [0.15, 0.2) is 18.2 Å². The zero-order valence-electron chi connectivity index (χ0n) is 12.7. The summed E-state index contributed by atoms with van der Waals surface area (Å²) >= 11 is 0. The summed E-state index contributed by atoms with van der Waals surface area (Å²) in [4.78, 5) is 12.8. The normalized spacial score (nSPS) is 21.7. The second kappa shape index (κ2) is 5.70. The molecule has 106 valence electrons. The molecule has 0 aromatic heterocycles. The van der Waals surface area contributed by atoms with Crippen LogP contribution in [0.5, 0.6) is 0 Å². The van der Waals surface area contributed by atoms with Crippen LogP contribution in [0.25, 0.3) is 0 Å². The molecule has 1 aliphatic heterocycles. The Hall–Kier alpha value is -0.760. The summed E-state index contributed by atoms with van der Waals surface area (Å²) in [5.41, 5.74) is 3.31. The highest BCUT2D eigenvalue weighted by atomic mass is 32.3. The molecule has 1 fully saturated rings. The van der Waals surface area contributed by atoms with Gasteiger partial charge in [-0.25, -0.2) is 10.0 Å². The lowest BCUT2D eigenvalue weighted by Crippen LogP contribution is -2.30. The van der Waals surface area contributed by atoms with Gasteiger partial charge in [0.05, 0.1) is 0 Å². The molecule has 1 unspecified atom stereocenters. The molecule has 0 bridgehead atoms. The van der Waals surface area contributed by atoms with Crippen LogP contribution in [-0.2, 0) is 0 Å². The molecule has 1 atom stereocenters. The summed E-state index contributed by atoms with van der Waals surface area (Å²) in [5.74, 6) is 2.93. The van der Waals surface area contributed by atoms with Crippen molar-refractivity contribution in [2.45, 2.75) is 45.3 Å². The lowest BCUT2D eigenvalue weighted by Gasteiger charge is -2.44. The third kappa shape index (κ3) is 3.22. The fraction of sp³-hybridized carbons (Fsp3) is 0.588. The number of Topliss-reactive ketones (excluding diaryl/α,β-unsaturated/α-hetero) is 1. The molecule has 1 aliphatic rings. The standard InChI is InChI=1S/C17H26OS/c1-13-10-14(2)12-16(11-13)17(18)15(3)19(4)8-6-5-7-9-19/h10-12,15H,5-9H2,1-4H3. The number of rotatable bonds is 3. The van der Waals surface area contributed by atoms with Crippen LogP contribution in [0, 0.1) is 13.8 Å². The molecule has 2 heteroatoms. The van der Waals surface area contributed by atoms with Crippen molar-refractivity contribution in [2.75, 3.05) is 17.8 Å². The fourth-order valence-corrected chi connectivity index (χ4v) is 6.40. The second-order valence-electron chi connectivity index (χ2n) is 6.20. The van der Waals surface area contributed by atoms with Crippen molar-refractivity contribution in [3.63, 3.8) is 0 Å². The largest absolute Gasteiger partial charge is 0.293 e. The lowest BCUT2D eigenvalue weighted by atomic mass is 10.0. The Balaban J connectivity index is 2.22. The molecule has 1 heterocycles. The maximum Gasteiger partial charge on any atom is 0.174 e. The molecule has 0 aliphatic carbocycles. The van der Waals surface area contributed by atoms with Gasteiger partial charge in [-0.2, -0.15) is 0 Å². The first-order valence-corrected chi connectivity index (χ1v) is 9.72. The third-order valence-electron chi connectivity index (χ3n) is 4.45. The van der Waals surface area contributed by atoms with Crippen LogP contribution in [-0.4, -0.2) is 28.8 Å². The van der Waals surface area contributed by atoms with E-state index in [4.69, 9.17) is 0 Å². The molecule has 0 amide bonds. The van der Waals surface area contributed by atoms with Crippen LogP contribution < -0.4 is 0 Å². The Morgan fingerprint density at radius 2 is 1.58 bits per heavy atom. The summed E-state index contributed by atoms with van der Waals surface area (Å²) in [7, 11) is -0.742. The fourth-order valence-electron chi connectivity index (χ4n) is 3.11. The first-order valence-electron chi connectivity index (χ1n) is 7.27. The van der Waals surface area contributed by atoms with Gasteiger partial charge >= 0.3 is 0 Å². The van der Waals surface area contributed by atoms with Crippen molar-refractivity contribution in [2.24, 2.45) is 0 Å². The Bertz CT molecular complexity index is 452. The summed E-state index contributed by atoms with van der Waals surface area (Å²) in [6.45, 7) is 6.31. The topological polar surface area (TPSA) is 17.1 Å². The van der Waals surface area contributed by atoms with Crippen LogP contribution in [0.2, 0.25) is 0 Å². The molecule has 19 heavy (non-hydrogen) atoms. The minimum Gasteiger partial charge on any atom is -0.293 e. The van der Waals surface area contributed by atoms with E-state index in [0.29, 0.717) is 5.78 Å². The summed E-state index contributed by atoms with van der Waals surface area (Å²) in [6, 6.07) is 6.24. The molecule has 0 spiro atoms. The summed E-state index contributed by atoms with van der Waals surface area (Å²) < 4.78 is 0. The highest BCUT2D eigenvalue weighted by molar-refractivity contribution is 8.34. The highest BCUT2D eigenvalue weighted by Crippen LogP contribution is 2.53. The Morgan fingerprint density at radius 1 is 1.05 bits per heavy atom. The molecule has 2 rings (SSSR count). The van der Waals surface area contributed by atoms with Crippen molar-refractivity contribution in [1.82, 2.24) is 0 Å². The molecular weight excluding hydrogens is 252 g/mol. The van der Waals surface area contributed by atoms with Gasteiger partial charge < -0.3 is 0 Å². The van der Waals surface area contributed by atoms with Gasteiger partial charge in [0.25, 0.3) is 0 Å². The zero-order valence-corrected chi connectivity index (χ0v) is 13.5. The van der Waals surface area contributed by atoms with E-state index in [1.54, 1.807) is 0 Å². The Kier molecular flexibility index (Phi) is 4.39. The average molecular weight is 278 g/mol. The quantitative estimate of drug-likeness (QED) is 0.744. The smallest absolute Gasteiger partial charge is 0.174 e. The van der Waals surface area contributed by atoms with Crippen LogP contribution in [0.4, 0.5) is 0 Å². The molecular formula is C17H26OS. The molecule has 0 N–H and O–H groups in total. The van der Waals surface area contributed by atoms with Crippen molar-refractivity contribution in [3.05, 3.63) is 34.9 Å². The predicted molar refractivity (Wildman–Crippen MR) is 86.8 cm³/mol. The number of ketones is 1. The lowest BCUT2D eigenvalue weighted by molar-refractivity contribution is 0.0992. The summed E-state index contributed by atoms with van der Waals surface area (Å²) in [5, 5.41) is 0.217. The van der Waals surface area contributed by atoms with Gasteiger partial charge in [0.1, 0.15) is 0 Å². The predicted octanol–water partition coefficient (Wildman–Crippen LogP) is 4.49. The number of hydrogen-bond donors (Lipinski definition) is 0. The molecule has 1 aromatic rings. The molecule has 0 saturated carbocycles. The van der Waals surface area contributed by atoms with E-state index in [2.05, 4.69) is 45.2 Å². The maximum absolute atomic E-state index is 12.8. The van der Waals surface area contributed by atoms with E-state index < -0.39 is 10.0 Å². The van der Waals surface area contributed by atoms with E-state index in [1.165, 1.54) is 41.9 Å². The number of aryl methyl sites for hydroxylation is 2. The van der Waals surface area contributed by atoms with E-state index in [1.807, 2.05) is 0 Å². The van der Waals surface area contributed by atoms with E-state index in [0.717, 1.165) is 5.56 Å². The van der Waals surface area contributed by atoms with Gasteiger partial charge in [-0.3, -0.25) is 4.79 Å². The van der Waals surface area contributed by atoms with Crippen molar-refractivity contribution < 1.29 is 4.79 Å².